The Kier molecular flexibility index (Phi) is 5.38. The summed E-state index contributed by atoms with van der Waals surface area (Å²) in [6, 6.07) is 8.70. The lowest BCUT2D eigenvalue weighted by molar-refractivity contribution is 0.101. The van der Waals surface area contributed by atoms with Crippen LogP contribution in [0.3, 0.4) is 0 Å². The molecule has 1 aliphatic carbocycles. The lowest BCUT2D eigenvalue weighted by atomic mass is 9.98. The van der Waals surface area contributed by atoms with Crippen LogP contribution < -0.4 is 14.8 Å². The minimum atomic E-state index is -0.502. The number of ether oxygens (including phenoxy) is 2. The summed E-state index contributed by atoms with van der Waals surface area (Å²) in [6.07, 6.45) is 7.61. The number of aromatic hydroxyl groups is 1. The zero-order chi connectivity index (χ0) is 17.6. The highest BCUT2D eigenvalue weighted by molar-refractivity contribution is 6.05. The number of carbonyl (C=O) groups excluding carboxylic acids is 1. The molecule has 1 aliphatic rings. The molecule has 0 aliphatic heterocycles. The minimum Gasteiger partial charge on any atom is -0.503 e. The molecular weight excluding hydrogens is 320 g/mol. The molecule has 6 nitrogen and oxygen atoms in total. The maximum Gasteiger partial charge on any atom is 0.278 e. The SMILES string of the molecule is COc1ccnc(C(=O)Nc2ccc(OC3CCCCC3)cc2)c1O. The summed E-state index contributed by atoms with van der Waals surface area (Å²) in [5.74, 6) is 0.223. The minimum absolute atomic E-state index is 0.0816. The Balaban J connectivity index is 1.64. The van der Waals surface area contributed by atoms with Crippen molar-refractivity contribution in [2.45, 2.75) is 38.2 Å². The largest absolute Gasteiger partial charge is 0.503 e. The van der Waals surface area contributed by atoms with Crippen LogP contribution in [0.5, 0.6) is 17.2 Å². The number of nitrogens with zero attached hydrogens (tertiary/aromatic N) is 1. The van der Waals surface area contributed by atoms with E-state index in [0.717, 1.165) is 18.6 Å². The predicted molar refractivity (Wildman–Crippen MR) is 94.4 cm³/mol. The maximum absolute atomic E-state index is 12.3. The molecule has 1 saturated carbocycles. The smallest absolute Gasteiger partial charge is 0.278 e. The molecule has 1 fully saturated rings. The second-order valence-electron chi connectivity index (χ2n) is 6.07. The molecule has 1 aromatic carbocycles. The summed E-state index contributed by atoms with van der Waals surface area (Å²) in [6.45, 7) is 0. The van der Waals surface area contributed by atoms with Crippen molar-refractivity contribution in [2.75, 3.05) is 12.4 Å². The fraction of sp³-hybridized carbons (Fsp3) is 0.368. The number of methoxy groups -OCH3 is 1. The summed E-state index contributed by atoms with van der Waals surface area (Å²) in [4.78, 5) is 16.2. The summed E-state index contributed by atoms with van der Waals surface area (Å²) in [7, 11) is 1.42. The molecule has 6 heteroatoms. The molecule has 3 rings (SSSR count). The van der Waals surface area contributed by atoms with E-state index < -0.39 is 5.91 Å². The van der Waals surface area contributed by atoms with Crippen molar-refractivity contribution in [3.8, 4) is 17.2 Å². The molecule has 0 unspecified atom stereocenters. The number of benzene rings is 1. The van der Waals surface area contributed by atoms with Gasteiger partial charge in [-0.05, 0) is 49.9 Å². The summed E-state index contributed by atoms with van der Waals surface area (Å²) in [5, 5.41) is 12.7. The molecule has 0 atom stereocenters. The summed E-state index contributed by atoms with van der Waals surface area (Å²) < 4.78 is 11.0. The van der Waals surface area contributed by atoms with Gasteiger partial charge >= 0.3 is 0 Å². The molecule has 1 aromatic heterocycles. The van der Waals surface area contributed by atoms with Gasteiger partial charge in [0, 0.05) is 18.0 Å². The van der Waals surface area contributed by atoms with Gasteiger partial charge in [0.05, 0.1) is 13.2 Å². The van der Waals surface area contributed by atoms with Gasteiger partial charge < -0.3 is 19.9 Å². The number of hydrogen-bond acceptors (Lipinski definition) is 5. The number of nitrogens with one attached hydrogen (secondary N) is 1. The van der Waals surface area contributed by atoms with Crippen LogP contribution in [0.2, 0.25) is 0 Å². The average Bonchev–Trinajstić information content (AvgIpc) is 2.64. The second kappa shape index (κ2) is 7.88. The molecule has 0 radical (unpaired) electrons. The van der Waals surface area contributed by atoms with Gasteiger partial charge in [-0.1, -0.05) is 6.42 Å². The number of anilines is 1. The fourth-order valence-electron chi connectivity index (χ4n) is 2.95. The molecule has 1 heterocycles. The van der Waals surface area contributed by atoms with E-state index in [1.54, 1.807) is 12.1 Å². The number of hydrogen-bond donors (Lipinski definition) is 2. The predicted octanol–water partition coefficient (Wildman–Crippen LogP) is 3.76. The van der Waals surface area contributed by atoms with Crippen molar-refractivity contribution in [1.29, 1.82) is 0 Å². The molecule has 25 heavy (non-hydrogen) atoms. The molecule has 2 N–H and O–H groups in total. The van der Waals surface area contributed by atoms with Gasteiger partial charge in [0.2, 0.25) is 0 Å². The van der Waals surface area contributed by atoms with Crippen LogP contribution in [-0.2, 0) is 0 Å². The van der Waals surface area contributed by atoms with Crippen molar-refractivity contribution >= 4 is 11.6 Å². The summed E-state index contributed by atoms with van der Waals surface area (Å²) >= 11 is 0. The number of aromatic nitrogens is 1. The Morgan fingerprint density at radius 3 is 2.56 bits per heavy atom. The number of amides is 1. The van der Waals surface area contributed by atoms with Gasteiger partial charge in [-0.3, -0.25) is 4.79 Å². The third kappa shape index (κ3) is 4.21. The van der Waals surface area contributed by atoms with E-state index in [1.807, 2.05) is 12.1 Å². The average molecular weight is 342 g/mol. The molecule has 2 aromatic rings. The Morgan fingerprint density at radius 1 is 1.16 bits per heavy atom. The van der Waals surface area contributed by atoms with Crippen molar-refractivity contribution in [2.24, 2.45) is 0 Å². The number of rotatable bonds is 5. The monoisotopic (exact) mass is 342 g/mol. The van der Waals surface area contributed by atoms with E-state index in [4.69, 9.17) is 9.47 Å². The zero-order valence-electron chi connectivity index (χ0n) is 14.2. The zero-order valence-corrected chi connectivity index (χ0v) is 14.2. The second-order valence-corrected chi connectivity index (χ2v) is 6.07. The van der Waals surface area contributed by atoms with E-state index in [2.05, 4.69) is 10.3 Å². The lowest BCUT2D eigenvalue weighted by Gasteiger charge is -2.23. The third-order valence-corrected chi connectivity index (χ3v) is 4.29. The Hall–Kier alpha value is -2.76. The molecule has 0 spiro atoms. The van der Waals surface area contributed by atoms with Crippen LogP contribution in [0.4, 0.5) is 5.69 Å². The van der Waals surface area contributed by atoms with Crippen LogP contribution >= 0.6 is 0 Å². The summed E-state index contributed by atoms with van der Waals surface area (Å²) in [5.41, 5.74) is 0.520. The van der Waals surface area contributed by atoms with Crippen LogP contribution in [0.25, 0.3) is 0 Å². The number of pyridine rings is 1. The van der Waals surface area contributed by atoms with Crippen molar-refractivity contribution in [1.82, 2.24) is 4.98 Å². The van der Waals surface area contributed by atoms with Crippen LogP contribution in [0, 0.1) is 0 Å². The van der Waals surface area contributed by atoms with E-state index in [-0.39, 0.29) is 23.3 Å². The highest BCUT2D eigenvalue weighted by Gasteiger charge is 2.17. The quantitative estimate of drug-likeness (QED) is 0.865. The first kappa shape index (κ1) is 17.1. The van der Waals surface area contributed by atoms with Gasteiger partial charge in [-0.15, -0.1) is 0 Å². The number of carbonyl (C=O) groups is 1. The van der Waals surface area contributed by atoms with Crippen LogP contribution in [0.1, 0.15) is 42.6 Å². The van der Waals surface area contributed by atoms with Gasteiger partial charge in [0.25, 0.3) is 5.91 Å². The maximum atomic E-state index is 12.3. The van der Waals surface area contributed by atoms with E-state index >= 15 is 0 Å². The van der Waals surface area contributed by atoms with Gasteiger partial charge in [-0.2, -0.15) is 0 Å². The van der Waals surface area contributed by atoms with Crippen molar-refractivity contribution in [3.63, 3.8) is 0 Å². The molecule has 0 bridgehead atoms. The van der Waals surface area contributed by atoms with Crippen molar-refractivity contribution < 1.29 is 19.4 Å². The van der Waals surface area contributed by atoms with Gasteiger partial charge in [0.15, 0.2) is 17.2 Å². The normalized spacial score (nSPS) is 14.8. The van der Waals surface area contributed by atoms with Crippen LogP contribution in [0.15, 0.2) is 36.5 Å². The van der Waals surface area contributed by atoms with Gasteiger partial charge in [0.1, 0.15) is 5.75 Å². The molecule has 132 valence electrons. The lowest BCUT2D eigenvalue weighted by Crippen LogP contribution is -2.19. The van der Waals surface area contributed by atoms with Crippen LogP contribution in [-0.4, -0.2) is 29.2 Å². The highest BCUT2D eigenvalue weighted by Crippen LogP contribution is 2.28. The Morgan fingerprint density at radius 2 is 1.88 bits per heavy atom. The Bertz CT molecular complexity index is 725. The third-order valence-electron chi connectivity index (χ3n) is 4.29. The topological polar surface area (TPSA) is 80.7 Å². The van der Waals surface area contributed by atoms with E-state index in [9.17, 15) is 9.90 Å². The first-order valence-electron chi connectivity index (χ1n) is 8.47. The molecular formula is C19H22N2O4. The molecule has 0 saturated heterocycles. The first-order chi connectivity index (χ1) is 12.2. The van der Waals surface area contributed by atoms with E-state index in [1.165, 1.54) is 38.6 Å². The van der Waals surface area contributed by atoms with Crippen molar-refractivity contribution in [3.05, 3.63) is 42.2 Å². The van der Waals surface area contributed by atoms with Gasteiger partial charge in [-0.25, -0.2) is 4.98 Å². The standard InChI is InChI=1S/C19H22N2O4/c1-24-16-11-12-20-17(18(16)22)19(23)21-13-7-9-15(10-8-13)25-14-5-3-2-4-6-14/h7-12,14,22H,2-6H2,1H3,(H,21,23). The van der Waals surface area contributed by atoms with E-state index in [0.29, 0.717) is 5.69 Å². The Labute approximate surface area is 146 Å². The molecule has 1 amide bonds. The fourth-order valence-corrected chi connectivity index (χ4v) is 2.95. The first-order valence-corrected chi connectivity index (χ1v) is 8.47. The highest BCUT2D eigenvalue weighted by atomic mass is 16.5.